The summed E-state index contributed by atoms with van der Waals surface area (Å²) in [6.45, 7) is 0.312. The zero-order chi connectivity index (χ0) is 18.3. The molecular formula is C16H28N2O5S2. The number of nitrogens with zero attached hydrogens (tertiary/aromatic N) is 1. The predicted molar refractivity (Wildman–Crippen MR) is 95.9 cm³/mol. The first-order chi connectivity index (χ1) is 11.6. The highest BCUT2D eigenvalue weighted by atomic mass is 32.2. The van der Waals surface area contributed by atoms with Crippen molar-refractivity contribution in [2.45, 2.75) is 55.7 Å². The highest BCUT2D eigenvalue weighted by Gasteiger charge is 2.45. The topological polar surface area (TPSA) is 101 Å². The number of urea groups is 1. The number of hydrogen-bond acceptors (Lipinski definition) is 5. The fraction of sp³-hybridized carbons (Fsp3) is 0.938. The van der Waals surface area contributed by atoms with Gasteiger partial charge in [0.25, 0.3) is 0 Å². The summed E-state index contributed by atoms with van der Waals surface area (Å²) < 4.78 is 47.5. The molecular weight excluding hydrogens is 364 g/mol. The number of carbonyl (C=O) groups excluding carboxylic acids is 1. The third kappa shape index (κ3) is 3.82. The smallest absolute Gasteiger partial charge is 0.317 e. The largest absolute Gasteiger partial charge is 0.336 e. The van der Waals surface area contributed by atoms with Crippen molar-refractivity contribution >= 4 is 25.7 Å². The minimum Gasteiger partial charge on any atom is -0.336 e. The molecule has 0 aromatic carbocycles. The molecule has 0 bridgehead atoms. The fourth-order valence-corrected chi connectivity index (χ4v) is 7.32. The monoisotopic (exact) mass is 392 g/mol. The Morgan fingerprint density at radius 3 is 2.36 bits per heavy atom. The van der Waals surface area contributed by atoms with Gasteiger partial charge in [0.05, 0.1) is 22.3 Å². The van der Waals surface area contributed by atoms with Crippen molar-refractivity contribution in [2.24, 2.45) is 5.92 Å². The maximum Gasteiger partial charge on any atom is 0.317 e. The number of hydrogen-bond donors (Lipinski definition) is 1. The van der Waals surface area contributed by atoms with E-state index in [1.54, 1.807) is 4.90 Å². The molecule has 2 saturated carbocycles. The van der Waals surface area contributed by atoms with Gasteiger partial charge in [-0.25, -0.2) is 21.6 Å². The standard InChI is InChI=1S/C16H28N2O5S2/c1-24(20,21)16(7-2-3-8-16)12-17-15(19)18-9-10-25(22,23)11-14(18)13-5-4-6-13/h13-14H,2-12H2,1H3,(H,17,19). The van der Waals surface area contributed by atoms with E-state index >= 15 is 0 Å². The van der Waals surface area contributed by atoms with E-state index in [4.69, 9.17) is 0 Å². The number of rotatable bonds is 4. The normalized spacial score (nSPS) is 29.2. The van der Waals surface area contributed by atoms with Crippen LogP contribution in [0.4, 0.5) is 4.79 Å². The molecule has 0 radical (unpaired) electrons. The molecule has 0 aromatic rings. The first-order valence-corrected chi connectivity index (χ1v) is 12.8. The Hall–Kier alpha value is -0.830. The van der Waals surface area contributed by atoms with Crippen LogP contribution in [-0.4, -0.2) is 69.4 Å². The second-order valence-corrected chi connectivity index (χ2v) is 12.5. The molecule has 9 heteroatoms. The van der Waals surface area contributed by atoms with Crippen LogP contribution < -0.4 is 5.32 Å². The maximum atomic E-state index is 12.7. The number of nitrogens with one attached hydrogen (secondary N) is 1. The zero-order valence-electron chi connectivity index (χ0n) is 14.7. The summed E-state index contributed by atoms with van der Waals surface area (Å²) in [5.74, 6) is 0.263. The van der Waals surface area contributed by atoms with Crippen LogP contribution in [0, 0.1) is 5.92 Å². The van der Waals surface area contributed by atoms with Gasteiger partial charge in [-0.2, -0.15) is 0 Å². The third-order valence-electron chi connectivity index (χ3n) is 6.29. The summed E-state index contributed by atoms with van der Waals surface area (Å²) in [4.78, 5) is 14.3. The Morgan fingerprint density at radius 1 is 1.20 bits per heavy atom. The van der Waals surface area contributed by atoms with E-state index in [1.165, 1.54) is 6.26 Å². The van der Waals surface area contributed by atoms with Crippen LogP contribution in [0.3, 0.4) is 0 Å². The van der Waals surface area contributed by atoms with Gasteiger partial charge < -0.3 is 10.2 Å². The molecule has 144 valence electrons. The van der Waals surface area contributed by atoms with Crippen LogP contribution >= 0.6 is 0 Å². The molecule has 2 amide bonds. The number of amides is 2. The predicted octanol–water partition coefficient (Wildman–Crippen LogP) is 0.952. The van der Waals surface area contributed by atoms with E-state index < -0.39 is 24.4 Å². The Morgan fingerprint density at radius 2 is 1.84 bits per heavy atom. The quantitative estimate of drug-likeness (QED) is 0.768. The van der Waals surface area contributed by atoms with Crippen molar-refractivity contribution in [1.82, 2.24) is 10.2 Å². The molecule has 1 atom stereocenters. The average Bonchev–Trinajstić information content (AvgIpc) is 2.92. The average molecular weight is 393 g/mol. The Balaban J connectivity index is 1.69. The Bertz CT molecular complexity index is 722. The molecule has 1 aliphatic heterocycles. The number of carbonyl (C=O) groups is 1. The molecule has 3 fully saturated rings. The van der Waals surface area contributed by atoms with Crippen molar-refractivity contribution in [3.05, 3.63) is 0 Å². The van der Waals surface area contributed by atoms with Crippen molar-refractivity contribution in [2.75, 3.05) is 30.9 Å². The number of sulfone groups is 2. The fourth-order valence-electron chi connectivity index (χ4n) is 4.34. The van der Waals surface area contributed by atoms with Crippen LogP contribution in [-0.2, 0) is 19.7 Å². The van der Waals surface area contributed by atoms with Gasteiger partial charge >= 0.3 is 6.03 Å². The van der Waals surface area contributed by atoms with E-state index in [0.29, 0.717) is 12.8 Å². The van der Waals surface area contributed by atoms with Crippen LogP contribution in [0.5, 0.6) is 0 Å². The third-order valence-corrected chi connectivity index (χ3v) is 10.1. The summed E-state index contributed by atoms with van der Waals surface area (Å²) in [5, 5.41) is 2.82. The van der Waals surface area contributed by atoms with Crippen LogP contribution in [0.25, 0.3) is 0 Å². The second-order valence-electron chi connectivity index (χ2n) is 7.89. The van der Waals surface area contributed by atoms with Gasteiger partial charge in [-0.1, -0.05) is 19.3 Å². The zero-order valence-corrected chi connectivity index (χ0v) is 16.4. The Kier molecular flexibility index (Phi) is 5.09. The van der Waals surface area contributed by atoms with E-state index in [0.717, 1.165) is 32.1 Å². The maximum absolute atomic E-state index is 12.7. The molecule has 1 unspecified atom stereocenters. The van der Waals surface area contributed by atoms with Crippen molar-refractivity contribution in [1.29, 1.82) is 0 Å². The lowest BCUT2D eigenvalue weighted by molar-refractivity contribution is 0.123. The van der Waals surface area contributed by atoms with Gasteiger partial charge in [0.2, 0.25) is 0 Å². The molecule has 0 aromatic heterocycles. The molecule has 25 heavy (non-hydrogen) atoms. The molecule has 1 heterocycles. The summed E-state index contributed by atoms with van der Waals surface area (Å²) in [6, 6.07) is -0.591. The van der Waals surface area contributed by atoms with Gasteiger partial charge in [0.1, 0.15) is 0 Å². The SMILES string of the molecule is CS(=O)(=O)C1(CNC(=O)N2CCS(=O)(=O)CC2C2CCC2)CCCC1. The molecule has 2 aliphatic carbocycles. The second kappa shape index (κ2) is 6.72. The van der Waals surface area contributed by atoms with E-state index in [9.17, 15) is 21.6 Å². The molecule has 3 aliphatic rings. The van der Waals surface area contributed by atoms with Gasteiger partial charge in [-0.15, -0.1) is 0 Å². The molecule has 0 spiro atoms. The minimum absolute atomic E-state index is 0.0130. The van der Waals surface area contributed by atoms with Gasteiger partial charge in [0.15, 0.2) is 19.7 Å². The van der Waals surface area contributed by atoms with Crippen molar-refractivity contribution < 1.29 is 21.6 Å². The highest BCUT2D eigenvalue weighted by Crippen LogP contribution is 2.37. The minimum atomic E-state index is -3.26. The van der Waals surface area contributed by atoms with Crippen molar-refractivity contribution in [3.8, 4) is 0 Å². The summed E-state index contributed by atoms with van der Waals surface area (Å²) >= 11 is 0. The van der Waals surface area contributed by atoms with E-state index in [1.807, 2.05) is 0 Å². The molecule has 1 N–H and O–H groups in total. The van der Waals surface area contributed by atoms with Crippen LogP contribution in [0.15, 0.2) is 0 Å². The lowest BCUT2D eigenvalue weighted by atomic mass is 9.79. The van der Waals surface area contributed by atoms with Gasteiger partial charge in [0, 0.05) is 19.3 Å². The summed E-state index contributed by atoms with van der Waals surface area (Å²) in [7, 11) is -6.36. The van der Waals surface area contributed by atoms with Crippen LogP contribution in [0.1, 0.15) is 44.9 Å². The van der Waals surface area contributed by atoms with E-state index in [-0.39, 0.29) is 42.6 Å². The van der Waals surface area contributed by atoms with E-state index in [2.05, 4.69) is 5.32 Å². The lowest BCUT2D eigenvalue weighted by Gasteiger charge is -2.43. The first kappa shape index (κ1) is 18.9. The first-order valence-electron chi connectivity index (χ1n) is 9.08. The highest BCUT2D eigenvalue weighted by molar-refractivity contribution is 7.92. The molecule has 1 saturated heterocycles. The summed E-state index contributed by atoms with van der Waals surface area (Å²) in [5.41, 5.74) is 0. The Labute approximate surface area is 150 Å². The lowest BCUT2D eigenvalue weighted by Crippen LogP contribution is -2.59. The summed E-state index contributed by atoms with van der Waals surface area (Å²) in [6.07, 6.45) is 7.10. The van der Waals surface area contributed by atoms with Gasteiger partial charge in [-0.3, -0.25) is 0 Å². The van der Waals surface area contributed by atoms with Gasteiger partial charge in [-0.05, 0) is 31.6 Å². The molecule has 3 rings (SSSR count). The van der Waals surface area contributed by atoms with Crippen LogP contribution in [0.2, 0.25) is 0 Å². The van der Waals surface area contributed by atoms with Crippen molar-refractivity contribution in [3.63, 3.8) is 0 Å². The molecule has 7 nitrogen and oxygen atoms in total.